The molecule has 780 valence electrons. The Morgan fingerprint density at radius 2 is 0.647 bits per heavy atom. The Hall–Kier alpha value is -14.9. The summed E-state index contributed by atoms with van der Waals surface area (Å²) in [6.45, 7) is 48.7. The molecular formula is C111H118Cl3F3N22O11. The number of aromatic nitrogens is 15. The molecule has 4 N–H and O–H groups in total. The smallest absolute Gasteiger partial charge is 0.326 e. The Balaban J connectivity index is 0.000000141. The Bertz CT molecular complexity index is 7840. The van der Waals surface area contributed by atoms with Crippen molar-refractivity contribution in [3.63, 3.8) is 0 Å². The number of carbonyl (C=O) groups excluding carboxylic acids is 3. The fourth-order valence-electron chi connectivity index (χ4n) is 22.9. The van der Waals surface area contributed by atoms with E-state index in [2.05, 4.69) is 74.8 Å². The van der Waals surface area contributed by atoms with E-state index in [-0.39, 0.29) is 180 Å². The summed E-state index contributed by atoms with van der Waals surface area (Å²) in [5.74, 6) is -3.46. The van der Waals surface area contributed by atoms with E-state index in [1.807, 2.05) is 140 Å². The number of imidazole rings is 3. The van der Waals surface area contributed by atoms with Gasteiger partial charge in [-0.1, -0.05) is 156 Å². The molecule has 150 heavy (non-hydrogen) atoms. The number of nitrogens with zero attached hydrogens (tertiary/aromatic N) is 18. The van der Waals surface area contributed by atoms with Crippen molar-refractivity contribution >= 4 is 141 Å². The van der Waals surface area contributed by atoms with Crippen LogP contribution in [0.5, 0.6) is 11.5 Å². The molecule has 3 amide bonds. The van der Waals surface area contributed by atoms with Crippen LogP contribution in [0.25, 0.3) is 116 Å². The molecule has 33 nitrogen and oxygen atoms in total. The first-order chi connectivity index (χ1) is 71.3. The summed E-state index contributed by atoms with van der Waals surface area (Å²) < 4.78 is 75.2. The number of hydrogen-bond acceptors (Lipinski definition) is 21. The molecule has 3 fully saturated rings. The Morgan fingerprint density at radius 3 is 0.927 bits per heavy atom. The number of halogens is 6. The maximum Gasteiger partial charge on any atom is 0.326 e. The van der Waals surface area contributed by atoms with E-state index in [1.54, 1.807) is 84.4 Å². The maximum absolute atomic E-state index is 18.1. The number of H-pyrrole nitrogens is 3. The molecule has 9 aromatic heterocycles. The molecule has 0 aliphatic carbocycles. The molecule has 6 aromatic carbocycles. The number of benzene rings is 6. The summed E-state index contributed by atoms with van der Waals surface area (Å²) in [5, 5.41) is 4.85. The van der Waals surface area contributed by atoms with Crippen LogP contribution in [0, 0.1) is 38.2 Å². The lowest BCUT2D eigenvalue weighted by molar-refractivity contribution is -0.130. The van der Waals surface area contributed by atoms with E-state index in [1.165, 1.54) is 64.6 Å². The molecule has 6 aliphatic rings. The minimum Gasteiger partial charge on any atom is -0.484 e. The van der Waals surface area contributed by atoms with Gasteiger partial charge in [-0.25, -0.2) is 57.5 Å². The molecule has 0 radical (unpaired) electrons. The average molecular weight is 2100 g/mol. The summed E-state index contributed by atoms with van der Waals surface area (Å²) in [6.07, 6.45) is 8.33. The van der Waals surface area contributed by atoms with Crippen LogP contribution in [0.2, 0.25) is 15.1 Å². The van der Waals surface area contributed by atoms with Gasteiger partial charge >= 0.3 is 17.1 Å². The fraction of sp³-hybridized carbons (Fsp3) is 0.378. The van der Waals surface area contributed by atoms with Crippen molar-refractivity contribution in [2.45, 2.75) is 196 Å². The van der Waals surface area contributed by atoms with Crippen LogP contribution in [-0.2, 0) is 35.5 Å². The second-order valence-electron chi connectivity index (χ2n) is 41.7. The van der Waals surface area contributed by atoms with Crippen molar-refractivity contribution in [2.75, 3.05) is 79.0 Å². The zero-order valence-electron chi connectivity index (χ0n) is 87.4. The second-order valence-corrected chi connectivity index (χ2v) is 42.9. The van der Waals surface area contributed by atoms with Crippen LogP contribution in [0.4, 0.5) is 35.9 Å². The van der Waals surface area contributed by atoms with Gasteiger partial charge in [-0.3, -0.25) is 56.2 Å². The lowest BCUT2D eigenvalue weighted by Gasteiger charge is -2.49. The van der Waals surface area contributed by atoms with Gasteiger partial charge in [0.1, 0.15) is 37.9 Å². The number of pyridine rings is 3. The number of rotatable bonds is 15. The van der Waals surface area contributed by atoms with Gasteiger partial charge in [0, 0.05) is 135 Å². The van der Waals surface area contributed by atoms with Crippen LogP contribution in [0.1, 0.15) is 190 Å². The third-order valence-corrected chi connectivity index (χ3v) is 31.0. The van der Waals surface area contributed by atoms with Gasteiger partial charge in [0.2, 0.25) is 29.2 Å². The summed E-state index contributed by atoms with van der Waals surface area (Å²) in [5.41, 5.74) is 10.4. The van der Waals surface area contributed by atoms with Gasteiger partial charge in [-0.2, -0.15) is 0 Å². The number of amides is 3. The van der Waals surface area contributed by atoms with E-state index in [0.29, 0.717) is 202 Å². The fourth-order valence-corrected chi connectivity index (χ4v) is 23.8. The van der Waals surface area contributed by atoms with Gasteiger partial charge in [-0.05, 0) is 148 Å². The van der Waals surface area contributed by atoms with Crippen molar-refractivity contribution in [1.29, 1.82) is 0 Å². The predicted octanol–water partition coefficient (Wildman–Crippen LogP) is 17.9. The van der Waals surface area contributed by atoms with Crippen molar-refractivity contribution < 1.29 is 37.0 Å². The van der Waals surface area contributed by atoms with Crippen LogP contribution in [0.3, 0.4) is 0 Å². The largest absolute Gasteiger partial charge is 0.484 e. The zero-order chi connectivity index (χ0) is 108. The third-order valence-electron chi connectivity index (χ3n) is 30.1. The molecule has 3 saturated heterocycles. The van der Waals surface area contributed by atoms with Crippen molar-refractivity contribution in [3.8, 4) is 61.9 Å². The number of aryl methyl sites for hydroxylation is 6. The van der Waals surface area contributed by atoms with E-state index >= 15 is 27.6 Å². The quantitative estimate of drug-likeness (QED) is 0.0693. The van der Waals surface area contributed by atoms with E-state index in [9.17, 15) is 28.8 Å². The van der Waals surface area contributed by atoms with Crippen LogP contribution in [-0.4, -0.2) is 200 Å². The minimum absolute atomic E-state index is 0.00908. The lowest BCUT2D eigenvalue weighted by atomic mass is 9.94. The van der Waals surface area contributed by atoms with Gasteiger partial charge in [0.25, 0.3) is 16.7 Å². The number of ether oxygens (including phenoxy) is 2. The second kappa shape index (κ2) is 39.2. The zero-order valence-corrected chi connectivity index (χ0v) is 89.6. The van der Waals surface area contributed by atoms with Crippen LogP contribution < -0.4 is 63.2 Å². The van der Waals surface area contributed by atoms with Crippen LogP contribution >= 0.6 is 34.8 Å². The SMILES string of the molecule is C=CC(=O)N1CC2CNc3c(c4cc(Cl)c(-c5c(C)ccc6[nH]c(=O)n(C)c56)c(F)c4n(-c4c(C(C)C)ncnc4C(C)C)c3=O)N2CC1C.C=CC(=O)N1CC2COc3c(c4cc(Cl)c(-c5c(C)ccc6[nH]c(=O)n(C)c56)c(F)c4n(-c4c(C(C)C)ncnc4C(C)C)c3=O)N2CC1C.C=CC(=O)N1CC2COc3c(c4cc(Cl)c(-c5c(C)ccc6[nH]c(=O)n(C)c56)c(F)c4n(-c4c(C(C)C)ncnc4C(C)C)c3=O)N2CC1C. The molecular weight excluding hydrogens is 1980 g/mol. The normalized spacial score (nSPS) is 17.4. The first-order valence-electron chi connectivity index (χ1n) is 50.3. The molecule has 0 spiro atoms. The summed E-state index contributed by atoms with van der Waals surface area (Å²) in [6, 6.07) is 14.3. The molecule has 6 atom stereocenters. The average Bonchev–Trinajstić information content (AvgIpc) is 0.945. The van der Waals surface area contributed by atoms with Gasteiger partial charge in [0.05, 0.1) is 151 Å². The highest BCUT2D eigenvalue weighted by Gasteiger charge is 2.47. The summed E-state index contributed by atoms with van der Waals surface area (Å²) in [4.78, 5) is 169. The number of piperazine rings is 3. The Kier molecular flexibility index (Phi) is 27.1. The van der Waals surface area contributed by atoms with Crippen molar-refractivity contribution in [2.24, 2.45) is 21.1 Å². The number of hydrogen-bond donors (Lipinski definition) is 4. The van der Waals surface area contributed by atoms with E-state index in [0.717, 1.165) is 0 Å². The molecule has 21 rings (SSSR count). The summed E-state index contributed by atoms with van der Waals surface area (Å²) >= 11 is 21.4. The highest BCUT2D eigenvalue weighted by molar-refractivity contribution is 6.36. The molecule has 15 heterocycles. The van der Waals surface area contributed by atoms with E-state index in [4.69, 9.17) is 44.3 Å². The molecule has 0 bridgehead atoms. The van der Waals surface area contributed by atoms with Crippen molar-refractivity contribution in [3.05, 3.63) is 257 Å². The van der Waals surface area contributed by atoms with E-state index < -0.39 is 34.1 Å². The van der Waals surface area contributed by atoms with Gasteiger partial charge < -0.3 is 59.1 Å². The maximum atomic E-state index is 18.1. The monoisotopic (exact) mass is 2100 g/mol. The standard InChI is InChI=1S/C37H40ClFN8O3.2C37H39ClFN7O4/c1-9-25(48)45-15-21-13-40-31-33(46(21)14-20(45)7)22-12-23(38)27(26-19(6)10-11-24-34(26)44(8)37(50)43-24)28(39)32(22)47(36(31)49)35-29(17(2)3)41-16-42-30(35)18(4)5;2*1-9-25(47)44-14-21-15-50-35-32(45(21)13-20(44)7)22-12-23(38)27(26-19(6)10-11-24-33(26)43(8)37(49)42-24)28(39)31(22)46(36(35)48)34-29(17(2)3)40-16-41-30(34)18(4)5/h9-12,16-18,20-21,40H,1,13-15H2,2-8H3,(H,43,50);2*9-12,16-18,20-21H,1,13-15H2,2-8H3,(H,42,49). The minimum atomic E-state index is -0.736. The molecule has 15 aromatic rings. The number of nitrogens with one attached hydrogen (secondary N) is 4. The first kappa shape index (κ1) is 104. The first-order valence-corrected chi connectivity index (χ1v) is 51.4. The highest BCUT2D eigenvalue weighted by Crippen LogP contribution is 2.53. The molecule has 39 heteroatoms. The third kappa shape index (κ3) is 16.5. The van der Waals surface area contributed by atoms with Crippen LogP contribution in [0.15, 0.2) is 140 Å². The topological polar surface area (TPSA) is 358 Å². The lowest BCUT2D eigenvalue weighted by Crippen LogP contribution is -2.62. The Morgan fingerprint density at radius 1 is 0.380 bits per heavy atom. The molecule has 0 saturated carbocycles. The molecule has 6 unspecified atom stereocenters. The van der Waals surface area contributed by atoms with Gasteiger partial charge in [0.15, 0.2) is 17.5 Å². The summed E-state index contributed by atoms with van der Waals surface area (Å²) in [7, 11) is 4.85. The number of fused-ring (bicyclic) bond motifs is 18. The number of aromatic amines is 3. The Labute approximate surface area is 875 Å². The molecule has 6 aliphatic heterocycles. The predicted molar refractivity (Wildman–Crippen MR) is 584 cm³/mol. The van der Waals surface area contributed by atoms with Crippen molar-refractivity contribution in [1.82, 2.24) is 87.0 Å². The highest BCUT2D eigenvalue weighted by atomic mass is 35.5. The number of carbonyl (C=O) groups is 3. The van der Waals surface area contributed by atoms with Gasteiger partial charge in [-0.15, -0.1) is 0 Å². The number of anilines is 4.